The molecule has 0 radical (unpaired) electrons. The zero-order valence-electron chi connectivity index (χ0n) is 7.26. The van der Waals surface area contributed by atoms with Crippen molar-refractivity contribution in [3.05, 3.63) is 11.6 Å². The van der Waals surface area contributed by atoms with Crippen molar-refractivity contribution in [2.24, 2.45) is 0 Å². The highest BCUT2D eigenvalue weighted by Gasteiger charge is 2.50. The Bertz CT molecular complexity index is 300. The monoisotopic (exact) mass is 165 g/mol. The second-order valence-electron chi connectivity index (χ2n) is 3.80. The van der Waals surface area contributed by atoms with E-state index in [2.05, 4.69) is 0 Å². The van der Waals surface area contributed by atoms with Crippen molar-refractivity contribution in [1.82, 2.24) is 4.90 Å². The Labute approximate surface area is 71.0 Å². The van der Waals surface area contributed by atoms with Crippen molar-refractivity contribution in [2.75, 3.05) is 0 Å². The maximum absolute atomic E-state index is 11.4. The molecule has 3 heteroatoms. The van der Waals surface area contributed by atoms with Crippen LogP contribution in [0.15, 0.2) is 11.6 Å². The number of hydrogen-bond acceptors (Lipinski definition) is 2. The van der Waals surface area contributed by atoms with Crippen LogP contribution in [-0.2, 0) is 9.59 Å². The molecule has 0 aromatic rings. The maximum atomic E-state index is 11.4. The van der Waals surface area contributed by atoms with E-state index >= 15 is 0 Å². The maximum Gasteiger partial charge on any atom is 0.257 e. The fourth-order valence-corrected chi connectivity index (χ4v) is 1.50. The van der Waals surface area contributed by atoms with Gasteiger partial charge in [0, 0.05) is 17.2 Å². The Morgan fingerprint density at radius 1 is 1.42 bits per heavy atom. The predicted octanol–water partition coefficient (Wildman–Crippen LogP) is 0.854. The highest BCUT2D eigenvalue weighted by Crippen LogP contribution is 2.43. The van der Waals surface area contributed by atoms with E-state index in [1.165, 1.54) is 11.0 Å². The van der Waals surface area contributed by atoms with Gasteiger partial charge in [0.1, 0.15) is 0 Å². The van der Waals surface area contributed by atoms with Gasteiger partial charge in [-0.25, -0.2) is 0 Å². The first-order chi connectivity index (χ1) is 5.54. The molecule has 1 heterocycles. The summed E-state index contributed by atoms with van der Waals surface area (Å²) >= 11 is 0. The molecule has 0 bridgehead atoms. The summed E-state index contributed by atoms with van der Waals surface area (Å²) in [4.78, 5) is 24.1. The Hall–Kier alpha value is -1.12. The number of carbonyl (C=O) groups is 2. The minimum atomic E-state index is -0.164. The van der Waals surface area contributed by atoms with Gasteiger partial charge in [0.2, 0.25) is 0 Å². The van der Waals surface area contributed by atoms with E-state index in [1.807, 2.05) is 6.92 Å². The molecule has 1 fully saturated rings. The Kier molecular flexibility index (Phi) is 1.24. The molecule has 0 aromatic heterocycles. The van der Waals surface area contributed by atoms with Crippen LogP contribution in [0.5, 0.6) is 0 Å². The smallest absolute Gasteiger partial charge is 0.257 e. The minimum Gasteiger partial charge on any atom is -0.269 e. The normalized spacial score (nSPS) is 26.2. The van der Waals surface area contributed by atoms with Crippen molar-refractivity contribution in [1.29, 1.82) is 0 Å². The van der Waals surface area contributed by atoms with Gasteiger partial charge in [-0.1, -0.05) is 0 Å². The number of carbonyl (C=O) groups excluding carboxylic acids is 2. The van der Waals surface area contributed by atoms with E-state index in [0.717, 1.165) is 12.8 Å². The summed E-state index contributed by atoms with van der Waals surface area (Å²) in [5, 5.41) is 0. The summed E-state index contributed by atoms with van der Waals surface area (Å²) in [5.74, 6) is -0.252. The van der Waals surface area contributed by atoms with E-state index in [4.69, 9.17) is 0 Å². The summed E-state index contributed by atoms with van der Waals surface area (Å²) in [7, 11) is 0. The van der Waals surface area contributed by atoms with Gasteiger partial charge in [-0.2, -0.15) is 0 Å². The summed E-state index contributed by atoms with van der Waals surface area (Å²) in [6.45, 7) is 3.64. The van der Waals surface area contributed by atoms with Crippen LogP contribution < -0.4 is 0 Å². The van der Waals surface area contributed by atoms with Gasteiger partial charge in [0.15, 0.2) is 0 Å². The van der Waals surface area contributed by atoms with Crippen molar-refractivity contribution >= 4 is 11.8 Å². The number of hydrogen-bond donors (Lipinski definition) is 0. The van der Waals surface area contributed by atoms with Gasteiger partial charge in [-0.3, -0.25) is 14.5 Å². The zero-order chi connectivity index (χ0) is 8.93. The molecule has 2 amide bonds. The van der Waals surface area contributed by atoms with E-state index in [-0.39, 0.29) is 17.4 Å². The molecule has 0 saturated heterocycles. The number of imide groups is 1. The molecular formula is C9H11NO2. The average Bonchev–Trinajstić information content (AvgIpc) is 2.62. The Morgan fingerprint density at radius 3 is 2.33 bits per heavy atom. The molecule has 64 valence electrons. The van der Waals surface area contributed by atoms with Crippen LogP contribution in [0.3, 0.4) is 0 Å². The van der Waals surface area contributed by atoms with Crippen molar-refractivity contribution in [3.63, 3.8) is 0 Å². The van der Waals surface area contributed by atoms with Gasteiger partial charge in [-0.05, 0) is 26.7 Å². The van der Waals surface area contributed by atoms with Gasteiger partial charge in [-0.15, -0.1) is 0 Å². The molecule has 12 heavy (non-hydrogen) atoms. The van der Waals surface area contributed by atoms with Crippen LogP contribution in [0, 0.1) is 0 Å². The van der Waals surface area contributed by atoms with E-state index in [9.17, 15) is 9.59 Å². The van der Waals surface area contributed by atoms with Gasteiger partial charge < -0.3 is 0 Å². The highest BCUT2D eigenvalue weighted by atomic mass is 16.2. The van der Waals surface area contributed by atoms with Gasteiger partial charge in [0.05, 0.1) is 0 Å². The molecule has 1 saturated carbocycles. The molecule has 2 rings (SSSR count). The predicted molar refractivity (Wildman–Crippen MR) is 43.2 cm³/mol. The fraction of sp³-hybridized carbons (Fsp3) is 0.556. The third-order valence-corrected chi connectivity index (χ3v) is 2.61. The second-order valence-corrected chi connectivity index (χ2v) is 3.80. The molecule has 3 nitrogen and oxygen atoms in total. The van der Waals surface area contributed by atoms with Crippen molar-refractivity contribution in [3.8, 4) is 0 Å². The SMILES string of the molecule is CC1=CC(=O)N(C2(C)CC2)C1=O. The van der Waals surface area contributed by atoms with Crippen LogP contribution in [0.25, 0.3) is 0 Å². The lowest BCUT2D eigenvalue weighted by molar-refractivity contribution is -0.140. The van der Waals surface area contributed by atoms with Crippen molar-refractivity contribution < 1.29 is 9.59 Å². The lowest BCUT2D eigenvalue weighted by atomic mass is 10.2. The summed E-state index contributed by atoms with van der Waals surface area (Å²) < 4.78 is 0. The molecule has 1 aliphatic heterocycles. The topological polar surface area (TPSA) is 37.4 Å². The number of rotatable bonds is 1. The summed E-state index contributed by atoms with van der Waals surface area (Å²) in [5.41, 5.74) is 0.399. The van der Waals surface area contributed by atoms with E-state index in [0.29, 0.717) is 5.57 Å². The Balaban J connectivity index is 2.30. The molecule has 0 aromatic carbocycles. The van der Waals surface area contributed by atoms with Crippen LogP contribution >= 0.6 is 0 Å². The van der Waals surface area contributed by atoms with Crippen LogP contribution in [-0.4, -0.2) is 22.3 Å². The standard InChI is InChI=1S/C9H11NO2/c1-6-5-7(11)10(8(6)12)9(2)3-4-9/h5H,3-4H2,1-2H3. The second kappa shape index (κ2) is 1.97. The molecule has 1 aliphatic carbocycles. The number of nitrogens with zero attached hydrogens (tertiary/aromatic N) is 1. The minimum absolute atomic E-state index is 0.111. The Morgan fingerprint density at radius 2 is 2.00 bits per heavy atom. The van der Waals surface area contributed by atoms with Gasteiger partial charge in [0.25, 0.3) is 11.8 Å². The molecule has 2 aliphatic rings. The average molecular weight is 165 g/mol. The number of amides is 2. The quantitative estimate of drug-likeness (QED) is 0.540. The molecule has 0 unspecified atom stereocenters. The lowest BCUT2D eigenvalue weighted by Crippen LogP contribution is -2.40. The highest BCUT2D eigenvalue weighted by molar-refractivity contribution is 6.16. The van der Waals surface area contributed by atoms with Crippen LogP contribution in [0.2, 0.25) is 0 Å². The van der Waals surface area contributed by atoms with Crippen LogP contribution in [0.4, 0.5) is 0 Å². The summed E-state index contributed by atoms with van der Waals surface area (Å²) in [6, 6.07) is 0. The van der Waals surface area contributed by atoms with E-state index in [1.54, 1.807) is 6.92 Å². The lowest BCUT2D eigenvalue weighted by Gasteiger charge is -2.21. The molecule has 0 N–H and O–H groups in total. The van der Waals surface area contributed by atoms with Crippen LogP contribution in [0.1, 0.15) is 26.7 Å². The first kappa shape index (κ1) is 7.53. The molecular weight excluding hydrogens is 154 g/mol. The molecule has 0 spiro atoms. The van der Waals surface area contributed by atoms with Gasteiger partial charge >= 0.3 is 0 Å². The third kappa shape index (κ3) is 0.823. The fourth-order valence-electron chi connectivity index (χ4n) is 1.50. The largest absolute Gasteiger partial charge is 0.269 e. The van der Waals surface area contributed by atoms with Crippen molar-refractivity contribution in [2.45, 2.75) is 32.2 Å². The first-order valence-corrected chi connectivity index (χ1v) is 4.11. The third-order valence-electron chi connectivity index (χ3n) is 2.61. The first-order valence-electron chi connectivity index (χ1n) is 4.11. The molecule has 0 atom stereocenters. The van der Waals surface area contributed by atoms with E-state index < -0.39 is 0 Å². The summed E-state index contributed by atoms with van der Waals surface area (Å²) in [6.07, 6.45) is 3.32. The zero-order valence-corrected chi connectivity index (χ0v) is 7.26.